The second-order valence-corrected chi connectivity index (χ2v) is 15.2. The number of carbonyl (C=O) groups is 1. The smallest absolute Gasteiger partial charge is 0.317 e. The summed E-state index contributed by atoms with van der Waals surface area (Å²) in [4.78, 5) is 19.3. The van der Waals surface area contributed by atoms with Crippen LogP contribution in [0.3, 0.4) is 0 Å². The number of piperazine rings is 2. The summed E-state index contributed by atoms with van der Waals surface area (Å²) < 4.78 is 0. The van der Waals surface area contributed by atoms with Gasteiger partial charge in [-0.15, -0.1) is 0 Å². The van der Waals surface area contributed by atoms with E-state index in [4.69, 9.17) is 23.2 Å². The van der Waals surface area contributed by atoms with Crippen molar-refractivity contribution in [2.75, 3.05) is 46.3 Å². The molecule has 0 saturated carbocycles. The summed E-state index contributed by atoms with van der Waals surface area (Å²) in [6.07, 6.45) is 0. The highest BCUT2D eigenvalue weighted by Crippen LogP contribution is 2.30. The maximum Gasteiger partial charge on any atom is 0.317 e. The molecule has 2 atom stereocenters. The molecule has 0 aliphatic carbocycles. The van der Waals surface area contributed by atoms with Gasteiger partial charge in [-0.1, -0.05) is 169 Å². The van der Waals surface area contributed by atoms with Crippen molar-refractivity contribution in [2.24, 2.45) is 0 Å². The number of hydrogen-bond acceptors (Lipinski definition) is 4. The molecular formula is C48H49Cl2N5O. The number of hydrogen-bond donors (Lipinski definition) is 2. The Balaban J connectivity index is 0.000000173. The van der Waals surface area contributed by atoms with Gasteiger partial charge in [0.25, 0.3) is 0 Å². The van der Waals surface area contributed by atoms with E-state index in [1.54, 1.807) is 7.05 Å². The Kier molecular flexibility index (Phi) is 13.5. The molecule has 2 amide bonds. The fourth-order valence-corrected chi connectivity index (χ4v) is 8.17. The normalized spacial score (nSPS) is 17.4. The summed E-state index contributed by atoms with van der Waals surface area (Å²) in [6, 6.07) is 54.7. The molecule has 2 aliphatic rings. The zero-order valence-corrected chi connectivity index (χ0v) is 33.3. The average molecular weight is 783 g/mol. The number of nitrogens with zero attached hydrogens (tertiary/aromatic N) is 3. The lowest BCUT2D eigenvalue weighted by Crippen LogP contribution is -2.52. The minimum atomic E-state index is -0.0207. The topological polar surface area (TPSA) is 50.9 Å². The Bertz CT molecular complexity index is 2150. The molecular weight excluding hydrogens is 733 g/mol. The number of carbonyl (C=O) groups excluding carboxylic acids is 1. The molecule has 2 fully saturated rings. The van der Waals surface area contributed by atoms with Crippen LogP contribution in [0.15, 0.2) is 158 Å². The van der Waals surface area contributed by atoms with Gasteiger partial charge in [0.15, 0.2) is 0 Å². The highest BCUT2D eigenvalue weighted by molar-refractivity contribution is 6.33. The van der Waals surface area contributed by atoms with Crippen molar-refractivity contribution >= 4 is 29.2 Å². The van der Waals surface area contributed by atoms with E-state index in [1.807, 2.05) is 65.6 Å². The van der Waals surface area contributed by atoms with Gasteiger partial charge in [-0.05, 0) is 45.5 Å². The fraction of sp³-hybridized carbons (Fsp3) is 0.229. The van der Waals surface area contributed by atoms with Gasteiger partial charge < -0.3 is 15.5 Å². The summed E-state index contributed by atoms with van der Waals surface area (Å²) in [5, 5.41) is 7.98. The Morgan fingerprint density at radius 3 is 1.59 bits per heavy atom. The minimum Gasteiger partial charge on any atom is -0.341 e. The van der Waals surface area contributed by atoms with E-state index < -0.39 is 0 Å². The third kappa shape index (κ3) is 10.1. The first kappa shape index (κ1) is 39.3. The van der Waals surface area contributed by atoms with E-state index in [2.05, 4.69) is 117 Å². The Labute approximate surface area is 341 Å². The van der Waals surface area contributed by atoms with Crippen molar-refractivity contribution in [1.82, 2.24) is 25.3 Å². The van der Waals surface area contributed by atoms with Crippen LogP contribution in [0.5, 0.6) is 0 Å². The molecule has 2 heterocycles. The number of nitrogens with one attached hydrogen (secondary N) is 2. The molecule has 0 radical (unpaired) electrons. The molecule has 2 N–H and O–H groups in total. The number of urea groups is 1. The first-order valence-electron chi connectivity index (χ1n) is 19.4. The second-order valence-electron chi connectivity index (χ2n) is 14.4. The van der Waals surface area contributed by atoms with E-state index in [0.29, 0.717) is 12.6 Å². The molecule has 0 spiro atoms. The lowest BCUT2D eigenvalue weighted by Gasteiger charge is -2.41. The van der Waals surface area contributed by atoms with Crippen LogP contribution in [0, 0.1) is 0 Å². The predicted octanol–water partition coefficient (Wildman–Crippen LogP) is 10.4. The molecule has 0 aromatic heterocycles. The fourth-order valence-electron chi connectivity index (χ4n) is 7.68. The standard InChI is InChI=1S/C25H26ClN3O.C23H23ClN2/c1-27-25(30)29-16-15-28(18-24(29)21-7-3-2-4-8-21)17-19-11-13-20(14-12-19)22-9-5-6-10-23(22)26;24-22-9-5-4-8-21(22)19-12-10-18(11-13-19)16-26-15-14-25-23(17-26)20-6-2-1-3-7-20/h2-14,24H,15-18H2,1H3,(H,27,30);1-13,23,25H,14-17H2. The predicted molar refractivity (Wildman–Crippen MR) is 232 cm³/mol. The summed E-state index contributed by atoms with van der Waals surface area (Å²) in [5.74, 6) is 0. The maximum atomic E-state index is 12.4. The second kappa shape index (κ2) is 19.3. The highest BCUT2D eigenvalue weighted by atomic mass is 35.5. The van der Waals surface area contributed by atoms with Gasteiger partial charge in [0.1, 0.15) is 0 Å². The van der Waals surface area contributed by atoms with Gasteiger partial charge in [0, 0.05) is 86.6 Å². The lowest BCUT2D eigenvalue weighted by molar-refractivity contribution is 0.0905. The van der Waals surface area contributed by atoms with E-state index in [0.717, 1.165) is 72.5 Å². The van der Waals surface area contributed by atoms with Crippen LogP contribution in [0.1, 0.15) is 34.3 Å². The van der Waals surface area contributed by atoms with Gasteiger partial charge in [-0.2, -0.15) is 0 Å². The lowest BCUT2D eigenvalue weighted by atomic mass is 10.0. The van der Waals surface area contributed by atoms with E-state index in [1.165, 1.54) is 27.8 Å². The van der Waals surface area contributed by atoms with Crippen molar-refractivity contribution in [3.63, 3.8) is 0 Å². The summed E-state index contributed by atoms with van der Waals surface area (Å²) in [5.41, 5.74) is 9.56. The summed E-state index contributed by atoms with van der Waals surface area (Å²) in [6.45, 7) is 7.34. The van der Waals surface area contributed by atoms with Gasteiger partial charge >= 0.3 is 6.03 Å². The van der Waals surface area contributed by atoms with Crippen molar-refractivity contribution in [3.05, 3.63) is 190 Å². The molecule has 8 heteroatoms. The van der Waals surface area contributed by atoms with Crippen LogP contribution in [-0.4, -0.2) is 67.0 Å². The van der Waals surface area contributed by atoms with Gasteiger partial charge in [0.05, 0.1) is 6.04 Å². The minimum absolute atomic E-state index is 0.0207. The zero-order valence-electron chi connectivity index (χ0n) is 31.8. The molecule has 6 aromatic rings. The first-order chi connectivity index (χ1) is 27.4. The summed E-state index contributed by atoms with van der Waals surface area (Å²) >= 11 is 12.6. The number of benzene rings is 6. The van der Waals surface area contributed by atoms with Crippen LogP contribution >= 0.6 is 23.2 Å². The molecule has 0 bridgehead atoms. The van der Waals surface area contributed by atoms with E-state index in [9.17, 15) is 4.79 Å². The molecule has 2 unspecified atom stereocenters. The van der Waals surface area contributed by atoms with Crippen LogP contribution < -0.4 is 10.6 Å². The SMILES string of the molecule is CNC(=O)N1CCN(Cc2ccc(-c3ccccc3Cl)cc2)CC1c1ccccc1.Clc1ccccc1-c1ccc(CN2CCNC(c3ccccc3)C2)cc1. The first-order valence-corrected chi connectivity index (χ1v) is 20.1. The maximum absolute atomic E-state index is 12.4. The number of rotatable bonds is 8. The highest BCUT2D eigenvalue weighted by Gasteiger charge is 2.31. The monoisotopic (exact) mass is 781 g/mol. The van der Waals surface area contributed by atoms with Crippen LogP contribution in [0.4, 0.5) is 4.79 Å². The Morgan fingerprint density at radius 2 is 1.07 bits per heavy atom. The molecule has 8 rings (SSSR count). The van der Waals surface area contributed by atoms with Crippen LogP contribution in [0.25, 0.3) is 22.3 Å². The number of halogens is 2. The average Bonchev–Trinajstić information content (AvgIpc) is 3.25. The van der Waals surface area contributed by atoms with E-state index in [-0.39, 0.29) is 12.1 Å². The van der Waals surface area contributed by atoms with Crippen molar-refractivity contribution in [2.45, 2.75) is 25.2 Å². The van der Waals surface area contributed by atoms with Gasteiger partial charge in [-0.3, -0.25) is 9.80 Å². The van der Waals surface area contributed by atoms with Crippen LogP contribution in [0.2, 0.25) is 10.0 Å². The molecule has 56 heavy (non-hydrogen) atoms. The molecule has 2 aliphatic heterocycles. The number of amides is 2. The van der Waals surface area contributed by atoms with Crippen molar-refractivity contribution in [3.8, 4) is 22.3 Å². The molecule has 2 saturated heterocycles. The van der Waals surface area contributed by atoms with E-state index >= 15 is 0 Å². The largest absolute Gasteiger partial charge is 0.341 e. The summed E-state index contributed by atoms with van der Waals surface area (Å²) in [7, 11) is 1.69. The third-order valence-electron chi connectivity index (χ3n) is 10.7. The third-order valence-corrected chi connectivity index (χ3v) is 11.3. The van der Waals surface area contributed by atoms with Gasteiger partial charge in [0.2, 0.25) is 0 Å². The van der Waals surface area contributed by atoms with Gasteiger partial charge in [-0.25, -0.2) is 4.79 Å². The quantitative estimate of drug-likeness (QED) is 0.162. The molecule has 6 aromatic carbocycles. The Hall–Kier alpha value is -4.95. The zero-order chi connectivity index (χ0) is 38.7. The Morgan fingerprint density at radius 1 is 0.589 bits per heavy atom. The van der Waals surface area contributed by atoms with Crippen molar-refractivity contribution < 1.29 is 4.79 Å². The molecule has 6 nitrogen and oxygen atoms in total. The molecule has 286 valence electrons. The van der Waals surface area contributed by atoms with Crippen molar-refractivity contribution in [1.29, 1.82) is 0 Å². The van der Waals surface area contributed by atoms with Crippen LogP contribution in [-0.2, 0) is 13.1 Å².